The highest BCUT2D eigenvalue weighted by Gasteiger charge is 2.23. The van der Waals surface area contributed by atoms with E-state index in [0.717, 1.165) is 27.7 Å². The molecule has 1 heterocycles. The van der Waals surface area contributed by atoms with Crippen LogP contribution in [0.2, 0.25) is 0 Å². The van der Waals surface area contributed by atoms with Gasteiger partial charge in [0.15, 0.2) is 0 Å². The molecule has 0 unspecified atom stereocenters. The molecular weight excluding hydrogens is 398 g/mol. The topological polar surface area (TPSA) is 79.4 Å². The number of carbonyl (C=O) groups is 1. The van der Waals surface area contributed by atoms with Crippen LogP contribution in [0.4, 0.5) is 5.69 Å². The Morgan fingerprint density at radius 1 is 1.07 bits per heavy atom. The molecule has 0 aliphatic heterocycles. The lowest BCUT2D eigenvalue weighted by molar-refractivity contribution is -0.115. The zero-order valence-electron chi connectivity index (χ0n) is 17.9. The second kappa shape index (κ2) is 8.53. The third-order valence-electron chi connectivity index (χ3n) is 5.37. The second-order valence-corrected chi connectivity index (χ2v) is 9.68. The van der Waals surface area contributed by atoms with Gasteiger partial charge in [0.05, 0.1) is 16.8 Å². The molecule has 3 aromatic rings. The van der Waals surface area contributed by atoms with Crippen LogP contribution in [0.1, 0.15) is 30.7 Å². The van der Waals surface area contributed by atoms with E-state index in [-0.39, 0.29) is 23.3 Å². The highest BCUT2D eigenvalue weighted by atomic mass is 32.2. The van der Waals surface area contributed by atoms with Gasteiger partial charge in [-0.05, 0) is 69.2 Å². The summed E-state index contributed by atoms with van der Waals surface area (Å²) in [4.78, 5) is 17.4. The minimum absolute atomic E-state index is 0.142. The van der Waals surface area contributed by atoms with Crippen LogP contribution in [0.3, 0.4) is 0 Å². The van der Waals surface area contributed by atoms with E-state index in [9.17, 15) is 13.2 Å². The van der Waals surface area contributed by atoms with Gasteiger partial charge in [0, 0.05) is 29.9 Å². The molecule has 1 amide bonds. The van der Waals surface area contributed by atoms with E-state index in [1.165, 1.54) is 16.4 Å². The van der Waals surface area contributed by atoms with Crippen molar-refractivity contribution in [3.63, 3.8) is 0 Å². The molecule has 0 saturated carbocycles. The number of aromatic nitrogens is 1. The van der Waals surface area contributed by atoms with Gasteiger partial charge in [-0.15, -0.1) is 0 Å². The predicted molar refractivity (Wildman–Crippen MR) is 120 cm³/mol. The van der Waals surface area contributed by atoms with Gasteiger partial charge in [-0.3, -0.25) is 9.78 Å². The summed E-state index contributed by atoms with van der Waals surface area (Å²) in [7, 11) is -2.00. The smallest absolute Gasteiger partial charge is 0.243 e. The van der Waals surface area contributed by atoms with Crippen LogP contribution in [0.15, 0.2) is 53.4 Å². The largest absolute Gasteiger partial charge is 0.326 e. The van der Waals surface area contributed by atoms with Crippen molar-refractivity contribution in [2.45, 2.75) is 45.1 Å². The SMILES string of the molecule is Cc1nc2ccccc2c(C)c1CC(=O)Nc1ccc(S(=O)(=O)N(C)C(C)C)cc1. The Labute approximate surface area is 178 Å². The van der Waals surface area contributed by atoms with Gasteiger partial charge in [-0.2, -0.15) is 4.31 Å². The van der Waals surface area contributed by atoms with E-state index in [2.05, 4.69) is 10.3 Å². The fraction of sp³-hybridized carbons (Fsp3) is 0.304. The first-order chi connectivity index (χ1) is 14.1. The van der Waals surface area contributed by atoms with Crippen molar-refractivity contribution in [1.82, 2.24) is 9.29 Å². The molecule has 158 valence electrons. The lowest BCUT2D eigenvalue weighted by Crippen LogP contribution is -2.33. The summed E-state index contributed by atoms with van der Waals surface area (Å²) in [5, 5.41) is 3.89. The molecule has 0 atom stereocenters. The zero-order valence-corrected chi connectivity index (χ0v) is 18.7. The summed E-state index contributed by atoms with van der Waals surface area (Å²) in [6, 6.07) is 14.0. The average Bonchev–Trinajstić information content (AvgIpc) is 2.70. The van der Waals surface area contributed by atoms with Crippen LogP contribution in [-0.2, 0) is 21.2 Å². The number of rotatable bonds is 6. The number of nitrogens with one attached hydrogen (secondary N) is 1. The highest BCUT2D eigenvalue weighted by Crippen LogP contribution is 2.24. The quantitative estimate of drug-likeness (QED) is 0.646. The Hall–Kier alpha value is -2.77. The lowest BCUT2D eigenvalue weighted by atomic mass is 9.99. The Balaban J connectivity index is 1.77. The van der Waals surface area contributed by atoms with Gasteiger partial charge in [-0.1, -0.05) is 18.2 Å². The molecule has 0 spiro atoms. The Morgan fingerprint density at radius 2 is 1.70 bits per heavy atom. The van der Waals surface area contributed by atoms with Gasteiger partial charge in [0.1, 0.15) is 0 Å². The number of hydrogen-bond acceptors (Lipinski definition) is 4. The summed E-state index contributed by atoms with van der Waals surface area (Å²) >= 11 is 0. The summed E-state index contributed by atoms with van der Waals surface area (Å²) in [5.74, 6) is -0.173. The van der Waals surface area contributed by atoms with Crippen molar-refractivity contribution in [3.05, 3.63) is 65.4 Å². The molecule has 1 N–H and O–H groups in total. The molecular formula is C23H27N3O3S. The van der Waals surface area contributed by atoms with Gasteiger partial charge in [0.2, 0.25) is 15.9 Å². The first-order valence-corrected chi connectivity index (χ1v) is 11.3. The number of hydrogen-bond donors (Lipinski definition) is 1. The van der Waals surface area contributed by atoms with E-state index in [4.69, 9.17) is 0 Å². The van der Waals surface area contributed by atoms with Crippen molar-refractivity contribution in [3.8, 4) is 0 Å². The fourth-order valence-corrected chi connectivity index (χ4v) is 4.72. The normalized spacial score (nSPS) is 12.0. The molecule has 7 heteroatoms. The molecule has 3 rings (SSSR count). The van der Waals surface area contributed by atoms with E-state index in [1.54, 1.807) is 19.2 Å². The van der Waals surface area contributed by atoms with Crippen molar-refractivity contribution in [2.24, 2.45) is 0 Å². The van der Waals surface area contributed by atoms with Gasteiger partial charge in [-0.25, -0.2) is 8.42 Å². The number of amides is 1. The molecule has 1 aromatic heterocycles. The fourth-order valence-electron chi connectivity index (χ4n) is 3.35. The number of para-hydroxylation sites is 1. The molecule has 2 aromatic carbocycles. The lowest BCUT2D eigenvalue weighted by Gasteiger charge is -2.21. The number of anilines is 1. The van der Waals surface area contributed by atoms with Crippen molar-refractivity contribution in [2.75, 3.05) is 12.4 Å². The molecule has 6 nitrogen and oxygen atoms in total. The summed E-state index contributed by atoms with van der Waals surface area (Å²) in [6.45, 7) is 7.55. The number of carbonyl (C=O) groups excluding carboxylic acids is 1. The average molecular weight is 426 g/mol. The molecule has 0 bridgehead atoms. The first-order valence-electron chi connectivity index (χ1n) is 9.84. The van der Waals surface area contributed by atoms with Crippen LogP contribution in [-0.4, -0.2) is 36.7 Å². The van der Waals surface area contributed by atoms with E-state index < -0.39 is 10.0 Å². The van der Waals surface area contributed by atoms with Crippen molar-refractivity contribution >= 4 is 32.5 Å². The van der Waals surface area contributed by atoms with E-state index >= 15 is 0 Å². The predicted octanol–water partition coefficient (Wildman–Crippen LogP) is 4.06. The Kier molecular flexibility index (Phi) is 6.24. The van der Waals surface area contributed by atoms with Crippen molar-refractivity contribution in [1.29, 1.82) is 0 Å². The number of benzene rings is 2. The molecule has 0 saturated heterocycles. The zero-order chi connectivity index (χ0) is 22.1. The number of sulfonamides is 1. The van der Waals surface area contributed by atoms with Crippen molar-refractivity contribution < 1.29 is 13.2 Å². The molecule has 30 heavy (non-hydrogen) atoms. The second-order valence-electron chi connectivity index (χ2n) is 7.68. The van der Waals surface area contributed by atoms with Crippen LogP contribution >= 0.6 is 0 Å². The number of nitrogens with zero attached hydrogens (tertiary/aromatic N) is 2. The third kappa shape index (κ3) is 4.37. The first kappa shape index (κ1) is 21.9. The Morgan fingerprint density at radius 3 is 2.33 bits per heavy atom. The minimum atomic E-state index is -3.55. The number of pyridine rings is 1. The molecule has 0 fully saturated rings. The summed E-state index contributed by atoms with van der Waals surface area (Å²) in [5.41, 5.74) is 4.25. The molecule has 0 aliphatic carbocycles. The van der Waals surface area contributed by atoms with Crippen LogP contribution in [0, 0.1) is 13.8 Å². The molecule has 0 aliphatic rings. The van der Waals surface area contributed by atoms with Crippen LogP contribution in [0.25, 0.3) is 10.9 Å². The molecule has 0 radical (unpaired) electrons. The van der Waals surface area contributed by atoms with Gasteiger partial charge in [0.25, 0.3) is 0 Å². The van der Waals surface area contributed by atoms with E-state index in [0.29, 0.717) is 5.69 Å². The monoisotopic (exact) mass is 425 g/mol. The van der Waals surface area contributed by atoms with Crippen LogP contribution < -0.4 is 5.32 Å². The third-order valence-corrected chi connectivity index (χ3v) is 7.41. The maximum Gasteiger partial charge on any atom is 0.243 e. The number of fused-ring (bicyclic) bond motifs is 1. The van der Waals surface area contributed by atoms with Crippen LogP contribution in [0.5, 0.6) is 0 Å². The maximum atomic E-state index is 12.6. The minimum Gasteiger partial charge on any atom is -0.326 e. The number of aryl methyl sites for hydroxylation is 2. The Bertz CT molecular complexity index is 1190. The standard InChI is InChI=1S/C23H27N3O3S/c1-15(2)26(5)30(28,29)19-12-10-18(11-13-19)25-23(27)14-21-16(3)20-8-6-7-9-22(20)24-17(21)4/h6-13,15H,14H2,1-5H3,(H,25,27). The van der Waals surface area contributed by atoms with Gasteiger partial charge >= 0.3 is 0 Å². The summed E-state index contributed by atoms with van der Waals surface area (Å²) < 4.78 is 26.4. The van der Waals surface area contributed by atoms with Gasteiger partial charge < -0.3 is 5.32 Å². The highest BCUT2D eigenvalue weighted by molar-refractivity contribution is 7.89. The summed E-state index contributed by atoms with van der Waals surface area (Å²) in [6.07, 6.45) is 0.200. The van der Waals surface area contributed by atoms with E-state index in [1.807, 2.05) is 52.0 Å². The maximum absolute atomic E-state index is 12.6.